The van der Waals surface area contributed by atoms with Crippen LogP contribution in [0.2, 0.25) is 0 Å². The molecule has 4 aliphatic heterocycles. The summed E-state index contributed by atoms with van der Waals surface area (Å²) in [5.41, 5.74) is 13.9. The summed E-state index contributed by atoms with van der Waals surface area (Å²) in [4.78, 5) is 41.8. The minimum atomic E-state index is -0.367. The Morgan fingerprint density at radius 2 is 1.00 bits per heavy atom. The number of piperidine rings is 1. The second kappa shape index (κ2) is 22.5. The molecule has 4 fully saturated rings. The third-order valence-electron chi connectivity index (χ3n) is 11.8. The number of ether oxygens (including phenoxy) is 2. The number of morpholine rings is 2. The zero-order valence-electron chi connectivity index (χ0n) is 35.9. The Morgan fingerprint density at radius 1 is 0.587 bits per heavy atom. The number of carbonyl (C=O) groups excluding carboxylic acids is 1. The van der Waals surface area contributed by atoms with Gasteiger partial charge in [-0.3, -0.25) is 9.97 Å². The molecule has 6 aromatic rings. The number of nitriles is 1. The molecule has 4 aromatic heterocycles. The Morgan fingerprint density at radius 3 is 1.41 bits per heavy atom. The van der Waals surface area contributed by atoms with Crippen molar-refractivity contribution in [2.24, 2.45) is 5.73 Å². The van der Waals surface area contributed by atoms with E-state index in [1.165, 1.54) is 30.6 Å². The van der Waals surface area contributed by atoms with Gasteiger partial charge in [-0.1, -0.05) is 24.3 Å². The molecule has 10 rings (SSSR count). The van der Waals surface area contributed by atoms with Gasteiger partial charge in [0, 0.05) is 117 Å². The van der Waals surface area contributed by atoms with E-state index in [1.54, 1.807) is 4.90 Å². The van der Waals surface area contributed by atoms with E-state index in [4.69, 9.17) is 35.5 Å². The van der Waals surface area contributed by atoms with Crippen LogP contribution in [0.4, 0.5) is 27.8 Å². The van der Waals surface area contributed by atoms with Crippen molar-refractivity contribution in [2.75, 3.05) is 111 Å². The van der Waals surface area contributed by atoms with Crippen LogP contribution >= 0.6 is 0 Å². The van der Waals surface area contributed by atoms with Gasteiger partial charge in [0.15, 0.2) is 0 Å². The van der Waals surface area contributed by atoms with Gasteiger partial charge in [0.2, 0.25) is 0 Å². The molecule has 0 aliphatic carbocycles. The maximum Gasteiger partial charge on any atom is 1.00 e. The molecule has 0 saturated carbocycles. The number of hydrogen-bond acceptors (Lipinski definition) is 13. The largest absolute Gasteiger partial charge is 1.00 e. The SMILES string of the molecule is N#C[O-].NC(=O)N1CCN(c2nc(-c3ccc(N4CCOCC4)cc3)cc3ncccc23)CC1.[K+].c1cnc2cc(-c3ccc(N4CCOCC4)cc3)nc(N3CCCCC3)c2c1. The second-order valence-electron chi connectivity index (χ2n) is 15.5. The number of hydrogen-bond donors (Lipinski definition) is 1. The molecule has 2 N–H and O–H groups in total. The molecule has 15 nitrogen and oxygen atoms in total. The number of amides is 2. The number of rotatable bonds is 6. The van der Waals surface area contributed by atoms with Crippen LogP contribution in [0.25, 0.3) is 44.3 Å². The van der Waals surface area contributed by atoms with E-state index < -0.39 is 0 Å². The molecule has 320 valence electrons. The molecule has 4 aliphatic rings. The zero-order chi connectivity index (χ0) is 42.7. The average Bonchev–Trinajstić information content (AvgIpc) is 3.35. The van der Waals surface area contributed by atoms with Crippen molar-refractivity contribution in [2.45, 2.75) is 19.3 Å². The average molecular weight is 874 g/mol. The molecule has 0 bridgehead atoms. The van der Waals surface area contributed by atoms with Crippen LogP contribution in [-0.2, 0) is 9.47 Å². The fourth-order valence-corrected chi connectivity index (χ4v) is 8.47. The summed E-state index contributed by atoms with van der Waals surface area (Å²) < 4.78 is 10.9. The Kier molecular flexibility index (Phi) is 16.4. The van der Waals surface area contributed by atoms with Gasteiger partial charge in [-0.05, 0) is 79.9 Å². The summed E-state index contributed by atoms with van der Waals surface area (Å²) in [6, 6.07) is 29.2. The number of piperazine rings is 1. The minimum Gasteiger partial charge on any atom is -0.812 e. The van der Waals surface area contributed by atoms with Crippen molar-refractivity contribution in [3.63, 3.8) is 0 Å². The van der Waals surface area contributed by atoms with Crippen molar-refractivity contribution in [3.8, 4) is 28.8 Å². The fraction of sp³-hybridized carbons (Fsp3) is 0.362. The molecule has 0 spiro atoms. The first-order chi connectivity index (χ1) is 30.5. The second-order valence-corrected chi connectivity index (χ2v) is 15.5. The predicted molar refractivity (Wildman–Crippen MR) is 241 cm³/mol. The van der Waals surface area contributed by atoms with Crippen molar-refractivity contribution >= 4 is 50.8 Å². The number of fused-ring (bicyclic) bond motifs is 2. The van der Waals surface area contributed by atoms with E-state index in [2.05, 4.69) is 96.3 Å². The third kappa shape index (κ3) is 11.3. The normalized spacial score (nSPS) is 16.5. The maximum absolute atomic E-state index is 11.5. The van der Waals surface area contributed by atoms with Gasteiger partial charge >= 0.3 is 57.4 Å². The monoisotopic (exact) mass is 873 g/mol. The minimum absolute atomic E-state index is 0. The Hall–Kier alpha value is -5.12. The number of carbonyl (C=O) groups is 1. The van der Waals surface area contributed by atoms with Gasteiger partial charge < -0.3 is 44.8 Å². The van der Waals surface area contributed by atoms with Gasteiger partial charge in [0.25, 0.3) is 0 Å². The van der Waals surface area contributed by atoms with E-state index in [1.807, 2.05) is 30.6 Å². The quantitative estimate of drug-likeness (QED) is 0.191. The summed E-state index contributed by atoms with van der Waals surface area (Å²) in [7, 11) is 0. The summed E-state index contributed by atoms with van der Waals surface area (Å²) in [5.74, 6) is 1.99. The van der Waals surface area contributed by atoms with Crippen LogP contribution in [0.5, 0.6) is 0 Å². The number of benzene rings is 2. The number of urea groups is 1. The van der Waals surface area contributed by atoms with E-state index in [0.717, 1.165) is 122 Å². The van der Waals surface area contributed by atoms with E-state index in [9.17, 15) is 4.79 Å². The number of nitrogens with zero attached hydrogens (tertiary/aromatic N) is 10. The van der Waals surface area contributed by atoms with Gasteiger partial charge in [-0.25, -0.2) is 20.0 Å². The van der Waals surface area contributed by atoms with E-state index >= 15 is 0 Å². The summed E-state index contributed by atoms with van der Waals surface area (Å²) in [5, 5.41) is 17.2. The number of pyridine rings is 4. The number of anilines is 4. The van der Waals surface area contributed by atoms with Crippen molar-refractivity contribution in [1.29, 1.82) is 5.26 Å². The first kappa shape index (κ1) is 45.9. The zero-order valence-corrected chi connectivity index (χ0v) is 39.1. The molecule has 0 unspecified atom stereocenters. The molecule has 2 aromatic carbocycles. The number of nitrogens with two attached hydrogens (primary N) is 1. The molecular formula is C47H52KN11O4. The first-order valence-corrected chi connectivity index (χ1v) is 21.4. The summed E-state index contributed by atoms with van der Waals surface area (Å²) >= 11 is 0. The molecule has 0 atom stereocenters. The predicted octanol–water partition coefficient (Wildman–Crippen LogP) is 2.29. The first-order valence-electron chi connectivity index (χ1n) is 21.4. The molecule has 0 radical (unpaired) electrons. The molecule has 4 saturated heterocycles. The molecule has 2 amide bonds. The topological polar surface area (TPSA) is 176 Å². The summed E-state index contributed by atoms with van der Waals surface area (Å²) in [6.07, 6.45) is 7.97. The van der Waals surface area contributed by atoms with Crippen molar-refractivity contribution in [1.82, 2.24) is 24.8 Å². The standard InChI is InChI=1S/C23H26N6O2.C23H26N4O.CHNO.K/c24-23(30)29-10-8-28(9-11-29)22-19-2-1-7-25-21(19)16-20(26-22)17-3-5-18(6-4-17)27-12-14-31-15-13-27;1-2-11-27(12-3-1)23-20-5-4-10-24-22(20)17-21(25-23)18-6-8-19(9-7-18)26-13-15-28-16-14-26;2-1-3;/h1-7,16H,8-15H2,(H2,24,30);4-10,17H,1-3,11-16H2;3H;/q;;;+1/p-1. The van der Waals surface area contributed by atoms with Crippen molar-refractivity contribution in [3.05, 3.63) is 97.3 Å². The molecule has 16 heteroatoms. The maximum atomic E-state index is 11.5. The summed E-state index contributed by atoms with van der Waals surface area (Å²) in [6.45, 7) is 11.6. The fourth-order valence-electron chi connectivity index (χ4n) is 8.47. The van der Waals surface area contributed by atoms with E-state index in [0.29, 0.717) is 32.4 Å². The number of primary amides is 1. The van der Waals surface area contributed by atoms with Crippen LogP contribution in [-0.4, -0.2) is 123 Å². The smallest absolute Gasteiger partial charge is 0.812 e. The van der Waals surface area contributed by atoms with Crippen LogP contribution in [0.1, 0.15) is 19.3 Å². The Bertz CT molecular complexity index is 2460. The van der Waals surface area contributed by atoms with Gasteiger partial charge in [-0.2, -0.15) is 0 Å². The Balaban J connectivity index is 0.000000176. The van der Waals surface area contributed by atoms with Gasteiger partial charge in [0.05, 0.1) is 48.8 Å². The van der Waals surface area contributed by atoms with Crippen LogP contribution in [0.3, 0.4) is 0 Å². The van der Waals surface area contributed by atoms with Gasteiger partial charge in [0.1, 0.15) is 11.6 Å². The van der Waals surface area contributed by atoms with Crippen molar-refractivity contribution < 1.29 is 70.8 Å². The van der Waals surface area contributed by atoms with Crippen LogP contribution < -0.4 is 81.8 Å². The number of aromatic nitrogens is 4. The van der Waals surface area contributed by atoms with E-state index in [-0.39, 0.29) is 57.4 Å². The van der Waals surface area contributed by atoms with Crippen LogP contribution in [0, 0.1) is 11.5 Å². The Labute approximate surface area is 410 Å². The molecule has 8 heterocycles. The van der Waals surface area contributed by atoms with Gasteiger partial charge in [-0.15, -0.1) is 0 Å². The molecule has 63 heavy (non-hydrogen) atoms. The third-order valence-corrected chi connectivity index (χ3v) is 11.8. The molecular weight excluding hydrogens is 822 g/mol. The van der Waals surface area contributed by atoms with Crippen LogP contribution in [0.15, 0.2) is 97.3 Å².